The van der Waals surface area contributed by atoms with Crippen LogP contribution in [-0.2, 0) is 0 Å². The molecule has 1 fully saturated rings. The van der Waals surface area contributed by atoms with E-state index in [2.05, 4.69) is 5.32 Å². The molecule has 0 aromatic heterocycles. The number of carbonyl (C=O) groups excluding carboxylic acids is 2. The van der Waals surface area contributed by atoms with Crippen LogP contribution in [0.5, 0.6) is 0 Å². The smallest absolute Gasteiger partial charge is 0.252 e. The van der Waals surface area contributed by atoms with Gasteiger partial charge in [0.25, 0.3) is 5.91 Å². The lowest BCUT2D eigenvalue weighted by molar-refractivity contribution is 0.0246. The Kier molecular flexibility index (Phi) is 5.37. The molecule has 1 amide bonds. The summed E-state index contributed by atoms with van der Waals surface area (Å²) in [5.41, 5.74) is -0.169. The van der Waals surface area contributed by atoms with Crippen molar-refractivity contribution in [1.29, 1.82) is 0 Å². The Morgan fingerprint density at radius 1 is 1.29 bits per heavy atom. The second-order valence-corrected chi connectivity index (χ2v) is 6.09. The van der Waals surface area contributed by atoms with E-state index in [4.69, 9.17) is 11.6 Å². The molecule has 0 atom stereocenters. The highest BCUT2D eigenvalue weighted by atomic mass is 35.5. The summed E-state index contributed by atoms with van der Waals surface area (Å²) >= 11 is 5.99. The van der Waals surface area contributed by atoms with Gasteiger partial charge < -0.3 is 10.4 Å². The largest absolute Gasteiger partial charge is 0.388 e. The van der Waals surface area contributed by atoms with Crippen molar-refractivity contribution < 1.29 is 14.7 Å². The lowest BCUT2D eigenvalue weighted by Crippen LogP contribution is -2.42. The number of aldehydes is 1. The summed E-state index contributed by atoms with van der Waals surface area (Å²) in [5.74, 6) is -0.360. The molecule has 2 N–H and O–H groups in total. The van der Waals surface area contributed by atoms with Gasteiger partial charge in [-0.15, -0.1) is 0 Å². The summed E-state index contributed by atoms with van der Waals surface area (Å²) < 4.78 is 0. The van der Waals surface area contributed by atoms with E-state index in [0.717, 1.165) is 25.7 Å². The van der Waals surface area contributed by atoms with Crippen LogP contribution in [0.2, 0.25) is 5.02 Å². The molecule has 0 heterocycles. The summed E-state index contributed by atoms with van der Waals surface area (Å²) in [6, 6.07) is 4.55. The first-order valence-corrected chi connectivity index (χ1v) is 7.67. The Bertz CT molecular complexity index is 522. The first kappa shape index (κ1) is 16.0. The maximum atomic E-state index is 12.2. The summed E-state index contributed by atoms with van der Waals surface area (Å²) in [7, 11) is 0. The van der Waals surface area contributed by atoms with Crippen LogP contribution in [0.15, 0.2) is 18.2 Å². The predicted octanol–water partition coefficient (Wildman–Crippen LogP) is 2.97. The van der Waals surface area contributed by atoms with Crippen molar-refractivity contribution in [2.75, 3.05) is 6.54 Å². The van der Waals surface area contributed by atoms with Gasteiger partial charge in [0.15, 0.2) is 0 Å². The van der Waals surface area contributed by atoms with Crippen LogP contribution in [-0.4, -0.2) is 29.4 Å². The molecule has 0 bridgehead atoms. The number of aliphatic hydroxyl groups is 1. The number of hydrogen-bond donors (Lipinski definition) is 2. The fourth-order valence-corrected chi connectivity index (χ4v) is 2.90. The molecule has 21 heavy (non-hydrogen) atoms. The second-order valence-electron chi connectivity index (χ2n) is 5.68. The molecule has 2 rings (SSSR count). The van der Waals surface area contributed by atoms with Crippen LogP contribution in [0.25, 0.3) is 0 Å². The Labute approximate surface area is 129 Å². The summed E-state index contributed by atoms with van der Waals surface area (Å²) in [6.45, 7) is 0.216. The van der Waals surface area contributed by atoms with E-state index in [1.54, 1.807) is 6.07 Å². The Morgan fingerprint density at radius 2 is 1.95 bits per heavy atom. The third kappa shape index (κ3) is 4.29. The normalized spacial score (nSPS) is 17.8. The van der Waals surface area contributed by atoms with Gasteiger partial charge in [0, 0.05) is 12.1 Å². The molecule has 1 saturated carbocycles. The SMILES string of the molecule is O=Cc1ccc(Cl)c(C(=O)NCC2(O)CCCCCC2)c1. The maximum Gasteiger partial charge on any atom is 0.252 e. The first-order chi connectivity index (χ1) is 10.0. The van der Waals surface area contributed by atoms with Crippen LogP contribution < -0.4 is 5.32 Å². The van der Waals surface area contributed by atoms with Crippen molar-refractivity contribution in [3.8, 4) is 0 Å². The van der Waals surface area contributed by atoms with Crippen molar-refractivity contribution in [2.45, 2.75) is 44.1 Å². The van der Waals surface area contributed by atoms with Crippen molar-refractivity contribution >= 4 is 23.8 Å². The lowest BCUT2D eigenvalue weighted by atomic mass is 9.94. The van der Waals surface area contributed by atoms with Crippen LogP contribution in [0.4, 0.5) is 0 Å². The molecule has 114 valence electrons. The van der Waals surface area contributed by atoms with Gasteiger partial charge in [0.05, 0.1) is 16.2 Å². The number of carbonyl (C=O) groups is 2. The maximum absolute atomic E-state index is 12.2. The van der Waals surface area contributed by atoms with E-state index >= 15 is 0 Å². The van der Waals surface area contributed by atoms with Gasteiger partial charge in [-0.05, 0) is 25.0 Å². The van der Waals surface area contributed by atoms with Gasteiger partial charge >= 0.3 is 0 Å². The zero-order chi connectivity index (χ0) is 15.3. The summed E-state index contributed by atoms with van der Waals surface area (Å²) in [6.07, 6.45) is 6.30. The topological polar surface area (TPSA) is 66.4 Å². The minimum Gasteiger partial charge on any atom is -0.388 e. The molecular weight excluding hydrogens is 290 g/mol. The van der Waals surface area contributed by atoms with E-state index in [9.17, 15) is 14.7 Å². The van der Waals surface area contributed by atoms with Crippen molar-refractivity contribution in [1.82, 2.24) is 5.32 Å². The van der Waals surface area contributed by atoms with Gasteiger partial charge in [0.1, 0.15) is 6.29 Å². The second kappa shape index (κ2) is 7.05. The molecule has 0 aliphatic heterocycles. The highest BCUT2D eigenvalue weighted by Crippen LogP contribution is 2.26. The molecule has 0 spiro atoms. The number of nitrogens with one attached hydrogen (secondary N) is 1. The monoisotopic (exact) mass is 309 g/mol. The molecule has 5 heteroatoms. The standard InChI is InChI=1S/C16H20ClNO3/c17-14-6-5-12(10-19)9-13(14)15(20)18-11-16(21)7-3-1-2-4-8-16/h5-6,9-10,21H,1-4,7-8,11H2,(H,18,20). The fraction of sp³-hybridized carbons (Fsp3) is 0.500. The Hall–Kier alpha value is -1.39. The minimum atomic E-state index is -0.832. The average Bonchev–Trinajstić information content (AvgIpc) is 2.71. The molecule has 1 aliphatic rings. The number of benzene rings is 1. The number of amides is 1. The van der Waals surface area contributed by atoms with Crippen LogP contribution in [0, 0.1) is 0 Å². The third-order valence-corrected chi connectivity index (χ3v) is 4.31. The highest BCUT2D eigenvalue weighted by Gasteiger charge is 2.28. The van der Waals surface area contributed by atoms with Crippen molar-refractivity contribution in [3.63, 3.8) is 0 Å². The average molecular weight is 310 g/mol. The summed E-state index contributed by atoms with van der Waals surface area (Å²) in [4.78, 5) is 23.0. The third-order valence-electron chi connectivity index (χ3n) is 3.98. The summed E-state index contributed by atoms with van der Waals surface area (Å²) in [5, 5.41) is 13.6. The van der Waals surface area contributed by atoms with E-state index in [-0.39, 0.29) is 18.0 Å². The van der Waals surface area contributed by atoms with Crippen LogP contribution >= 0.6 is 11.6 Å². The molecule has 1 aromatic rings. The Morgan fingerprint density at radius 3 is 2.57 bits per heavy atom. The lowest BCUT2D eigenvalue weighted by Gasteiger charge is -2.26. The first-order valence-electron chi connectivity index (χ1n) is 7.29. The number of halogens is 1. The van der Waals surface area contributed by atoms with E-state index in [1.165, 1.54) is 12.1 Å². The van der Waals surface area contributed by atoms with Crippen molar-refractivity contribution in [3.05, 3.63) is 34.3 Å². The van der Waals surface area contributed by atoms with Crippen LogP contribution in [0.1, 0.15) is 59.2 Å². The van der Waals surface area contributed by atoms with Gasteiger partial charge in [-0.2, -0.15) is 0 Å². The van der Waals surface area contributed by atoms with Crippen molar-refractivity contribution in [2.24, 2.45) is 0 Å². The minimum absolute atomic E-state index is 0.216. The highest BCUT2D eigenvalue weighted by molar-refractivity contribution is 6.34. The molecule has 0 unspecified atom stereocenters. The molecule has 1 aliphatic carbocycles. The van der Waals surface area contributed by atoms with Crippen LogP contribution in [0.3, 0.4) is 0 Å². The zero-order valence-electron chi connectivity index (χ0n) is 11.9. The van der Waals surface area contributed by atoms with Gasteiger partial charge in [-0.1, -0.05) is 43.4 Å². The molecule has 1 aromatic carbocycles. The Balaban J connectivity index is 2.02. The molecular formula is C16H20ClNO3. The van der Waals surface area contributed by atoms with Gasteiger partial charge in [0.2, 0.25) is 0 Å². The molecule has 0 radical (unpaired) electrons. The zero-order valence-corrected chi connectivity index (χ0v) is 12.7. The molecule has 4 nitrogen and oxygen atoms in total. The fourth-order valence-electron chi connectivity index (χ4n) is 2.69. The predicted molar refractivity (Wildman–Crippen MR) is 81.8 cm³/mol. The van der Waals surface area contributed by atoms with E-state index in [1.807, 2.05) is 0 Å². The quantitative estimate of drug-likeness (QED) is 0.664. The van der Waals surface area contributed by atoms with Gasteiger partial charge in [-0.25, -0.2) is 0 Å². The number of hydrogen-bond acceptors (Lipinski definition) is 3. The number of rotatable bonds is 4. The van der Waals surface area contributed by atoms with Gasteiger partial charge in [-0.3, -0.25) is 9.59 Å². The van der Waals surface area contributed by atoms with E-state index < -0.39 is 5.60 Å². The van der Waals surface area contributed by atoms with E-state index in [0.29, 0.717) is 29.7 Å². The molecule has 0 saturated heterocycles.